The molecule has 0 fully saturated rings. The number of pyridine rings is 1. The lowest BCUT2D eigenvalue weighted by Gasteiger charge is -2.06. The minimum Gasteiger partial charge on any atom is -0.340 e. The molecule has 0 aliphatic carbocycles. The molecule has 1 aromatic carbocycles. The fourth-order valence-corrected chi connectivity index (χ4v) is 1.49. The van der Waals surface area contributed by atoms with Gasteiger partial charge in [0.25, 0.3) is 0 Å². The molecule has 0 aliphatic rings. The SMILES string of the molecule is CCc1cccc(Nc2cccc(F)n2)c1. The Bertz CT molecular complexity index is 483. The van der Waals surface area contributed by atoms with Gasteiger partial charge in [0.05, 0.1) is 0 Å². The average molecular weight is 216 g/mol. The molecule has 16 heavy (non-hydrogen) atoms. The molecule has 3 heteroatoms. The average Bonchev–Trinajstić information content (AvgIpc) is 2.29. The van der Waals surface area contributed by atoms with E-state index in [1.165, 1.54) is 11.6 Å². The highest BCUT2D eigenvalue weighted by molar-refractivity contribution is 5.56. The maximum absolute atomic E-state index is 12.9. The van der Waals surface area contributed by atoms with E-state index in [2.05, 4.69) is 23.3 Å². The number of hydrogen-bond acceptors (Lipinski definition) is 2. The van der Waals surface area contributed by atoms with Crippen molar-refractivity contribution in [2.45, 2.75) is 13.3 Å². The van der Waals surface area contributed by atoms with Crippen molar-refractivity contribution in [1.82, 2.24) is 4.98 Å². The first-order chi connectivity index (χ1) is 7.78. The molecule has 0 aliphatic heterocycles. The molecule has 1 heterocycles. The van der Waals surface area contributed by atoms with Crippen molar-refractivity contribution in [3.8, 4) is 0 Å². The maximum Gasteiger partial charge on any atom is 0.214 e. The number of aromatic nitrogens is 1. The zero-order valence-corrected chi connectivity index (χ0v) is 9.07. The predicted octanol–water partition coefficient (Wildman–Crippen LogP) is 3.53. The van der Waals surface area contributed by atoms with Crippen LogP contribution in [0.1, 0.15) is 12.5 Å². The zero-order chi connectivity index (χ0) is 11.4. The van der Waals surface area contributed by atoms with Crippen molar-refractivity contribution in [3.05, 3.63) is 54.0 Å². The lowest BCUT2D eigenvalue weighted by atomic mass is 10.1. The molecule has 2 aromatic rings. The van der Waals surface area contributed by atoms with E-state index in [-0.39, 0.29) is 0 Å². The number of anilines is 2. The number of halogens is 1. The van der Waals surface area contributed by atoms with E-state index in [0.717, 1.165) is 12.1 Å². The Kier molecular flexibility index (Phi) is 3.15. The first kappa shape index (κ1) is 10.6. The van der Waals surface area contributed by atoms with Crippen molar-refractivity contribution in [2.24, 2.45) is 0 Å². The number of hydrogen-bond donors (Lipinski definition) is 1. The molecular weight excluding hydrogens is 203 g/mol. The molecule has 0 saturated heterocycles. The van der Waals surface area contributed by atoms with Gasteiger partial charge in [-0.05, 0) is 36.2 Å². The van der Waals surface area contributed by atoms with Crippen molar-refractivity contribution in [1.29, 1.82) is 0 Å². The van der Waals surface area contributed by atoms with Gasteiger partial charge in [0.1, 0.15) is 5.82 Å². The van der Waals surface area contributed by atoms with Gasteiger partial charge in [-0.2, -0.15) is 4.39 Å². The summed E-state index contributed by atoms with van der Waals surface area (Å²) in [5.74, 6) is 0.0462. The number of nitrogens with one attached hydrogen (secondary N) is 1. The van der Waals surface area contributed by atoms with Gasteiger partial charge in [-0.1, -0.05) is 25.1 Å². The summed E-state index contributed by atoms with van der Waals surface area (Å²) in [6, 6.07) is 12.7. The van der Waals surface area contributed by atoms with Gasteiger partial charge >= 0.3 is 0 Å². The Labute approximate surface area is 94.2 Å². The quantitative estimate of drug-likeness (QED) is 0.794. The molecule has 82 valence electrons. The van der Waals surface area contributed by atoms with E-state index in [9.17, 15) is 4.39 Å². The molecule has 0 radical (unpaired) electrons. The molecule has 0 atom stereocenters. The van der Waals surface area contributed by atoms with Crippen LogP contribution in [0.3, 0.4) is 0 Å². The van der Waals surface area contributed by atoms with Crippen LogP contribution in [-0.4, -0.2) is 4.98 Å². The summed E-state index contributed by atoms with van der Waals surface area (Å²) in [5.41, 5.74) is 2.17. The van der Waals surface area contributed by atoms with E-state index in [1.807, 2.05) is 18.2 Å². The lowest BCUT2D eigenvalue weighted by Crippen LogP contribution is -1.95. The van der Waals surface area contributed by atoms with Crippen LogP contribution in [0.2, 0.25) is 0 Å². The summed E-state index contributed by atoms with van der Waals surface area (Å²) in [6.07, 6.45) is 0.978. The lowest BCUT2D eigenvalue weighted by molar-refractivity contribution is 0.585. The second-order valence-corrected chi connectivity index (χ2v) is 3.52. The normalized spacial score (nSPS) is 10.1. The van der Waals surface area contributed by atoms with Gasteiger partial charge in [-0.3, -0.25) is 0 Å². The largest absolute Gasteiger partial charge is 0.340 e. The van der Waals surface area contributed by atoms with Crippen LogP contribution >= 0.6 is 0 Å². The van der Waals surface area contributed by atoms with E-state index in [0.29, 0.717) is 5.82 Å². The van der Waals surface area contributed by atoms with Gasteiger partial charge in [-0.15, -0.1) is 0 Å². The monoisotopic (exact) mass is 216 g/mol. The van der Waals surface area contributed by atoms with Crippen LogP contribution in [0.15, 0.2) is 42.5 Å². The Morgan fingerprint density at radius 1 is 1.19 bits per heavy atom. The van der Waals surface area contributed by atoms with E-state index in [4.69, 9.17) is 0 Å². The van der Waals surface area contributed by atoms with Gasteiger partial charge in [0.2, 0.25) is 5.95 Å². The number of benzene rings is 1. The molecule has 0 unspecified atom stereocenters. The van der Waals surface area contributed by atoms with Gasteiger partial charge in [0, 0.05) is 5.69 Å². The fraction of sp³-hybridized carbons (Fsp3) is 0.154. The highest BCUT2D eigenvalue weighted by atomic mass is 19.1. The summed E-state index contributed by atoms with van der Waals surface area (Å²) in [5, 5.41) is 3.07. The van der Waals surface area contributed by atoms with E-state index < -0.39 is 5.95 Å². The molecule has 2 rings (SSSR count). The third kappa shape index (κ3) is 2.57. The van der Waals surface area contributed by atoms with Gasteiger partial charge < -0.3 is 5.32 Å². The van der Waals surface area contributed by atoms with Crippen molar-refractivity contribution < 1.29 is 4.39 Å². The summed E-state index contributed by atoms with van der Waals surface area (Å²) in [7, 11) is 0. The number of aryl methyl sites for hydroxylation is 1. The van der Waals surface area contributed by atoms with Crippen molar-refractivity contribution in [2.75, 3.05) is 5.32 Å². The molecule has 2 nitrogen and oxygen atoms in total. The minimum absolute atomic E-state index is 0.475. The summed E-state index contributed by atoms with van der Waals surface area (Å²) < 4.78 is 12.9. The third-order valence-corrected chi connectivity index (χ3v) is 2.32. The molecule has 0 bridgehead atoms. The first-order valence-corrected chi connectivity index (χ1v) is 5.26. The topological polar surface area (TPSA) is 24.9 Å². The van der Waals surface area contributed by atoms with Gasteiger partial charge in [0.15, 0.2) is 0 Å². The third-order valence-electron chi connectivity index (χ3n) is 2.32. The Balaban J connectivity index is 2.20. The van der Waals surface area contributed by atoms with Crippen LogP contribution in [-0.2, 0) is 6.42 Å². The van der Waals surface area contributed by atoms with Crippen LogP contribution in [0.25, 0.3) is 0 Å². The van der Waals surface area contributed by atoms with E-state index in [1.54, 1.807) is 12.1 Å². The highest BCUT2D eigenvalue weighted by Crippen LogP contribution is 2.16. The predicted molar refractivity (Wildman–Crippen MR) is 63.3 cm³/mol. The molecule has 0 amide bonds. The maximum atomic E-state index is 12.9. The fourth-order valence-electron chi connectivity index (χ4n) is 1.49. The number of nitrogens with zero attached hydrogens (tertiary/aromatic N) is 1. The molecule has 1 aromatic heterocycles. The Hall–Kier alpha value is -1.90. The first-order valence-electron chi connectivity index (χ1n) is 5.26. The second-order valence-electron chi connectivity index (χ2n) is 3.52. The molecular formula is C13H13FN2. The Morgan fingerprint density at radius 2 is 2.00 bits per heavy atom. The molecule has 0 spiro atoms. The standard InChI is InChI=1S/C13H13FN2/c1-2-10-5-3-6-11(9-10)15-13-8-4-7-12(14)16-13/h3-9H,2H2,1H3,(H,15,16). The summed E-state index contributed by atoms with van der Waals surface area (Å²) in [6.45, 7) is 2.10. The van der Waals surface area contributed by atoms with Crippen LogP contribution in [0, 0.1) is 5.95 Å². The van der Waals surface area contributed by atoms with Crippen LogP contribution < -0.4 is 5.32 Å². The van der Waals surface area contributed by atoms with Crippen molar-refractivity contribution in [3.63, 3.8) is 0 Å². The minimum atomic E-state index is -0.475. The van der Waals surface area contributed by atoms with Crippen molar-refractivity contribution >= 4 is 11.5 Å². The molecule has 0 saturated carbocycles. The smallest absolute Gasteiger partial charge is 0.214 e. The number of rotatable bonds is 3. The second kappa shape index (κ2) is 4.75. The Morgan fingerprint density at radius 3 is 2.75 bits per heavy atom. The zero-order valence-electron chi connectivity index (χ0n) is 9.07. The highest BCUT2D eigenvalue weighted by Gasteiger charge is 1.98. The van der Waals surface area contributed by atoms with Crippen LogP contribution in [0.4, 0.5) is 15.9 Å². The van der Waals surface area contributed by atoms with Gasteiger partial charge in [-0.25, -0.2) is 4.98 Å². The summed E-state index contributed by atoms with van der Waals surface area (Å²) >= 11 is 0. The van der Waals surface area contributed by atoms with E-state index >= 15 is 0 Å². The summed E-state index contributed by atoms with van der Waals surface area (Å²) in [4.78, 5) is 3.75. The van der Waals surface area contributed by atoms with Crippen LogP contribution in [0.5, 0.6) is 0 Å². The molecule has 1 N–H and O–H groups in total.